The Morgan fingerprint density at radius 1 is 1.33 bits per heavy atom. The molecule has 0 aliphatic carbocycles. The summed E-state index contributed by atoms with van der Waals surface area (Å²) in [5, 5.41) is 8.97. The van der Waals surface area contributed by atoms with Crippen LogP contribution < -0.4 is 0 Å². The zero-order valence-electron chi connectivity index (χ0n) is 14.5. The van der Waals surface area contributed by atoms with Gasteiger partial charge in [0, 0.05) is 38.1 Å². The van der Waals surface area contributed by atoms with Crippen LogP contribution in [0.1, 0.15) is 33.5 Å². The van der Waals surface area contributed by atoms with Crippen LogP contribution in [0.5, 0.6) is 0 Å². The van der Waals surface area contributed by atoms with Gasteiger partial charge in [0.25, 0.3) is 5.91 Å². The summed E-state index contributed by atoms with van der Waals surface area (Å²) < 4.78 is 3.34. The summed E-state index contributed by atoms with van der Waals surface area (Å²) in [5.74, 6) is -0.177. The van der Waals surface area contributed by atoms with Crippen LogP contribution in [0.4, 0.5) is 0 Å². The first-order chi connectivity index (χ1) is 13.1. The first-order valence-corrected chi connectivity index (χ1v) is 8.96. The van der Waals surface area contributed by atoms with E-state index in [9.17, 15) is 4.79 Å². The van der Waals surface area contributed by atoms with Crippen LogP contribution in [0.2, 0.25) is 5.15 Å². The fraction of sp³-hybridized carbons (Fsp3) is 0.222. The molecule has 0 saturated carbocycles. The second-order valence-corrected chi connectivity index (χ2v) is 6.92. The Morgan fingerprint density at radius 3 is 3.00 bits per heavy atom. The van der Waals surface area contributed by atoms with Crippen molar-refractivity contribution in [3.05, 3.63) is 70.8 Å². The number of hydrogen-bond donors (Lipinski definition) is 1. The number of hydrogen-bond acceptors (Lipinski definition) is 4. The average molecular weight is 382 g/mol. The minimum Gasteiger partial charge on any atom is -0.348 e. The number of imidazole rings is 1. The molecule has 136 valence electrons. The molecule has 0 bridgehead atoms. The summed E-state index contributed by atoms with van der Waals surface area (Å²) in [7, 11) is 1.74. The molecule has 9 heteroatoms. The molecule has 4 aromatic rings. The number of rotatable bonds is 2. The van der Waals surface area contributed by atoms with Gasteiger partial charge >= 0.3 is 0 Å². The van der Waals surface area contributed by atoms with Crippen LogP contribution in [-0.2, 0) is 13.5 Å². The van der Waals surface area contributed by atoms with Crippen molar-refractivity contribution in [1.29, 1.82) is 0 Å². The van der Waals surface area contributed by atoms with E-state index in [1.807, 2.05) is 30.5 Å². The van der Waals surface area contributed by atoms with Crippen LogP contribution in [0, 0.1) is 0 Å². The second kappa shape index (κ2) is 5.95. The number of aryl methyl sites for hydroxylation is 1. The topological polar surface area (TPSA) is 84.1 Å². The summed E-state index contributed by atoms with van der Waals surface area (Å²) in [6.07, 6.45) is 5.89. The van der Waals surface area contributed by atoms with E-state index in [-0.39, 0.29) is 17.1 Å². The van der Waals surface area contributed by atoms with Gasteiger partial charge in [0.1, 0.15) is 6.04 Å². The van der Waals surface area contributed by atoms with Gasteiger partial charge in [0.2, 0.25) is 0 Å². The van der Waals surface area contributed by atoms with Crippen molar-refractivity contribution in [2.24, 2.45) is 7.05 Å². The van der Waals surface area contributed by atoms with Gasteiger partial charge in [-0.3, -0.25) is 9.48 Å². The number of carbonyl (C=O) groups excluding carboxylic acids is 1. The van der Waals surface area contributed by atoms with Crippen molar-refractivity contribution < 1.29 is 4.79 Å². The predicted octanol–water partition coefficient (Wildman–Crippen LogP) is 2.23. The standard InChI is InChI=1S/C18H16ClN7O/c1-24-9-12(17(19)23-24)18(27)25-7-5-13-15(21-10-20-13)16(25)14-8-11-4-2-3-6-26(11)22-14/h2-4,6,8-10,16H,5,7H2,1H3,(H,20,21). The fourth-order valence-corrected chi connectivity index (χ4v) is 3.89. The highest BCUT2D eigenvalue weighted by Crippen LogP contribution is 2.34. The van der Waals surface area contributed by atoms with Gasteiger partial charge < -0.3 is 9.88 Å². The van der Waals surface area contributed by atoms with Gasteiger partial charge in [0.15, 0.2) is 5.15 Å². The lowest BCUT2D eigenvalue weighted by molar-refractivity contribution is 0.0687. The fourth-order valence-electron chi connectivity index (χ4n) is 3.65. The van der Waals surface area contributed by atoms with Gasteiger partial charge in [0.05, 0.1) is 28.8 Å². The Labute approximate surface area is 159 Å². The Hall–Kier alpha value is -3.13. The van der Waals surface area contributed by atoms with Crippen LogP contribution >= 0.6 is 11.6 Å². The van der Waals surface area contributed by atoms with E-state index in [0.717, 1.165) is 22.6 Å². The quantitative estimate of drug-likeness (QED) is 0.577. The molecular formula is C18H16ClN7O. The molecule has 1 unspecified atom stereocenters. The molecule has 5 rings (SSSR count). The average Bonchev–Trinajstić information content (AvgIpc) is 3.37. The molecule has 0 spiro atoms. The smallest absolute Gasteiger partial charge is 0.259 e. The molecule has 1 atom stereocenters. The second-order valence-electron chi connectivity index (χ2n) is 6.56. The van der Waals surface area contributed by atoms with Crippen LogP contribution in [0.15, 0.2) is 43.0 Å². The lowest BCUT2D eigenvalue weighted by Gasteiger charge is -2.33. The van der Waals surface area contributed by atoms with Crippen molar-refractivity contribution >= 4 is 23.0 Å². The van der Waals surface area contributed by atoms with Crippen molar-refractivity contribution in [2.75, 3.05) is 6.54 Å². The van der Waals surface area contributed by atoms with E-state index >= 15 is 0 Å². The number of nitrogens with one attached hydrogen (secondary N) is 1. The zero-order valence-corrected chi connectivity index (χ0v) is 15.3. The Bertz CT molecular complexity index is 1120. The Morgan fingerprint density at radius 2 is 2.22 bits per heavy atom. The molecule has 0 fully saturated rings. The summed E-state index contributed by atoms with van der Waals surface area (Å²) in [6, 6.07) is 7.46. The number of fused-ring (bicyclic) bond motifs is 2. The van der Waals surface area contributed by atoms with Crippen molar-refractivity contribution in [2.45, 2.75) is 12.5 Å². The summed E-state index contributed by atoms with van der Waals surface area (Å²) in [5.41, 5.74) is 3.95. The number of H-pyrrole nitrogens is 1. The molecule has 27 heavy (non-hydrogen) atoms. The van der Waals surface area contributed by atoms with Gasteiger partial charge in [-0.05, 0) is 18.2 Å². The number of aromatic nitrogens is 6. The number of pyridine rings is 1. The molecular weight excluding hydrogens is 366 g/mol. The Balaban J connectivity index is 1.64. The molecule has 5 heterocycles. The zero-order chi connectivity index (χ0) is 18.5. The molecule has 0 aromatic carbocycles. The van der Waals surface area contributed by atoms with E-state index in [0.29, 0.717) is 18.5 Å². The number of nitrogens with zero attached hydrogens (tertiary/aromatic N) is 6. The van der Waals surface area contributed by atoms with Crippen molar-refractivity contribution in [1.82, 2.24) is 34.3 Å². The number of halogens is 1. The van der Waals surface area contributed by atoms with E-state index in [2.05, 4.69) is 20.2 Å². The maximum atomic E-state index is 13.3. The van der Waals surface area contributed by atoms with Gasteiger partial charge in [-0.2, -0.15) is 10.2 Å². The van der Waals surface area contributed by atoms with Crippen molar-refractivity contribution in [3.8, 4) is 0 Å². The van der Waals surface area contributed by atoms with Gasteiger partial charge in [-0.25, -0.2) is 9.50 Å². The molecule has 0 radical (unpaired) electrons. The number of carbonyl (C=O) groups is 1. The first-order valence-electron chi connectivity index (χ1n) is 8.58. The Kier molecular flexibility index (Phi) is 3.54. The SMILES string of the molecule is Cn1cc(C(=O)N2CCc3[nH]cnc3C2c2cc3ccccn3n2)c(Cl)n1. The van der Waals surface area contributed by atoms with Gasteiger partial charge in [-0.1, -0.05) is 17.7 Å². The number of aromatic amines is 1. The third kappa shape index (κ3) is 2.52. The minimum absolute atomic E-state index is 0.177. The third-order valence-corrected chi connectivity index (χ3v) is 5.15. The van der Waals surface area contributed by atoms with Crippen LogP contribution in [0.3, 0.4) is 0 Å². The molecule has 4 aromatic heterocycles. The van der Waals surface area contributed by atoms with Crippen LogP contribution in [-0.4, -0.2) is 46.7 Å². The highest BCUT2D eigenvalue weighted by Gasteiger charge is 2.37. The van der Waals surface area contributed by atoms with E-state index < -0.39 is 0 Å². The summed E-state index contributed by atoms with van der Waals surface area (Å²) in [4.78, 5) is 22.7. The molecule has 1 aliphatic heterocycles. The largest absolute Gasteiger partial charge is 0.348 e. The lowest BCUT2D eigenvalue weighted by atomic mass is 9.99. The normalized spacial score (nSPS) is 16.7. The highest BCUT2D eigenvalue weighted by atomic mass is 35.5. The molecule has 8 nitrogen and oxygen atoms in total. The molecule has 1 aliphatic rings. The highest BCUT2D eigenvalue weighted by molar-refractivity contribution is 6.32. The predicted molar refractivity (Wildman–Crippen MR) is 98.6 cm³/mol. The maximum Gasteiger partial charge on any atom is 0.259 e. The molecule has 1 amide bonds. The summed E-state index contributed by atoms with van der Waals surface area (Å²) >= 11 is 6.18. The van der Waals surface area contributed by atoms with E-state index in [4.69, 9.17) is 11.6 Å². The first kappa shape index (κ1) is 16.1. The van der Waals surface area contributed by atoms with E-state index in [1.54, 1.807) is 33.7 Å². The van der Waals surface area contributed by atoms with Crippen molar-refractivity contribution in [3.63, 3.8) is 0 Å². The van der Waals surface area contributed by atoms with Gasteiger partial charge in [-0.15, -0.1) is 0 Å². The molecule has 1 N–H and O–H groups in total. The molecule has 0 saturated heterocycles. The van der Waals surface area contributed by atoms with Crippen LogP contribution in [0.25, 0.3) is 5.52 Å². The maximum absolute atomic E-state index is 13.3. The summed E-state index contributed by atoms with van der Waals surface area (Å²) in [6.45, 7) is 0.539. The minimum atomic E-state index is -0.385. The van der Waals surface area contributed by atoms with E-state index in [1.165, 1.54) is 0 Å². The third-order valence-electron chi connectivity index (χ3n) is 4.87. The monoisotopic (exact) mass is 381 g/mol. The lowest BCUT2D eigenvalue weighted by Crippen LogP contribution is -2.41. The number of amides is 1.